The van der Waals surface area contributed by atoms with Gasteiger partial charge in [-0.2, -0.15) is 0 Å². The van der Waals surface area contributed by atoms with Crippen LogP contribution in [0.25, 0.3) is 0 Å². The third-order valence-corrected chi connectivity index (χ3v) is 5.77. The molecule has 0 fully saturated rings. The van der Waals surface area contributed by atoms with E-state index in [-0.39, 0.29) is 0 Å². The maximum atomic E-state index is 12.9. The Balaban J connectivity index is 1.95. The van der Waals surface area contributed by atoms with E-state index in [0.29, 0.717) is 29.7 Å². The van der Waals surface area contributed by atoms with Crippen LogP contribution in [0.5, 0.6) is 0 Å². The van der Waals surface area contributed by atoms with Crippen molar-refractivity contribution in [2.45, 2.75) is 24.7 Å². The predicted molar refractivity (Wildman–Crippen MR) is 92.3 cm³/mol. The maximum Gasteiger partial charge on any atom is 0.265 e. The van der Waals surface area contributed by atoms with Crippen molar-refractivity contribution in [2.24, 2.45) is 4.99 Å². The first-order valence-electron chi connectivity index (χ1n) is 7.73. The highest BCUT2D eigenvalue weighted by Gasteiger charge is 2.31. The molecule has 2 aromatic carbocycles. The van der Waals surface area contributed by atoms with Crippen molar-refractivity contribution >= 4 is 15.9 Å². The first-order chi connectivity index (χ1) is 11.0. The molecule has 0 spiro atoms. The van der Waals surface area contributed by atoms with E-state index < -0.39 is 10.0 Å². The second-order valence-corrected chi connectivity index (χ2v) is 7.73. The zero-order chi connectivity index (χ0) is 16.4. The number of benzene rings is 2. The molecule has 0 radical (unpaired) electrons. The van der Waals surface area contributed by atoms with Gasteiger partial charge in [-0.15, -0.1) is 0 Å². The fourth-order valence-corrected chi connectivity index (χ4v) is 4.09. The van der Waals surface area contributed by atoms with Gasteiger partial charge in [0.05, 0.1) is 18.0 Å². The molecule has 0 aromatic heterocycles. The zero-order valence-corrected chi connectivity index (χ0v) is 14.1. The molecule has 0 unspecified atom stereocenters. The molecular weight excluding hydrogens is 308 g/mol. The summed E-state index contributed by atoms with van der Waals surface area (Å²) in [5.41, 5.74) is 1.95. The van der Waals surface area contributed by atoms with E-state index in [1.807, 2.05) is 42.5 Å². The van der Waals surface area contributed by atoms with E-state index in [0.717, 1.165) is 11.1 Å². The van der Waals surface area contributed by atoms with E-state index in [9.17, 15) is 8.42 Å². The van der Waals surface area contributed by atoms with Crippen LogP contribution in [0.2, 0.25) is 0 Å². The first kappa shape index (κ1) is 15.7. The Morgan fingerprint density at radius 1 is 1.00 bits per heavy atom. The smallest absolute Gasteiger partial charge is 0.265 e. The highest BCUT2D eigenvalue weighted by molar-refractivity contribution is 7.89. The Labute approximate surface area is 137 Å². The second-order valence-electron chi connectivity index (χ2n) is 5.87. The molecule has 0 bridgehead atoms. The van der Waals surface area contributed by atoms with Crippen LogP contribution in [0.1, 0.15) is 30.9 Å². The average Bonchev–Trinajstić information content (AvgIpc) is 3.06. The molecule has 1 heterocycles. The molecule has 0 saturated carbocycles. The normalized spacial score (nSPS) is 15.1. The molecule has 120 valence electrons. The van der Waals surface area contributed by atoms with Gasteiger partial charge >= 0.3 is 0 Å². The van der Waals surface area contributed by atoms with Crippen molar-refractivity contribution in [3.05, 3.63) is 65.7 Å². The minimum Gasteiger partial charge on any atom is -0.265 e. The molecule has 3 rings (SSSR count). The molecule has 23 heavy (non-hydrogen) atoms. The third kappa shape index (κ3) is 3.01. The van der Waals surface area contributed by atoms with Gasteiger partial charge in [-0.25, -0.2) is 12.7 Å². The van der Waals surface area contributed by atoms with Gasteiger partial charge in [0.1, 0.15) is 5.84 Å². The Morgan fingerprint density at radius 2 is 1.65 bits per heavy atom. The number of nitrogens with zero attached hydrogens (tertiary/aromatic N) is 2. The Morgan fingerprint density at radius 3 is 2.26 bits per heavy atom. The van der Waals surface area contributed by atoms with Crippen LogP contribution >= 0.6 is 0 Å². The van der Waals surface area contributed by atoms with E-state index in [2.05, 4.69) is 18.8 Å². The van der Waals surface area contributed by atoms with Crippen LogP contribution in [-0.4, -0.2) is 31.6 Å². The summed E-state index contributed by atoms with van der Waals surface area (Å²) >= 11 is 0. The van der Waals surface area contributed by atoms with Crippen LogP contribution in [0.3, 0.4) is 0 Å². The molecule has 0 saturated heterocycles. The molecule has 0 N–H and O–H groups in total. The highest BCUT2D eigenvalue weighted by atomic mass is 32.2. The third-order valence-electron chi connectivity index (χ3n) is 3.97. The van der Waals surface area contributed by atoms with Crippen molar-refractivity contribution < 1.29 is 8.42 Å². The summed E-state index contributed by atoms with van der Waals surface area (Å²) in [5, 5.41) is 0. The number of rotatable bonds is 4. The average molecular weight is 328 g/mol. The lowest BCUT2D eigenvalue weighted by atomic mass is 10.0. The SMILES string of the molecule is CC(C)c1ccc(S(=O)(=O)N2CCN=C2c2ccccc2)cc1. The van der Waals surface area contributed by atoms with E-state index in [1.54, 1.807) is 12.1 Å². The van der Waals surface area contributed by atoms with Crippen LogP contribution in [-0.2, 0) is 10.0 Å². The Kier molecular flexibility index (Phi) is 4.22. The van der Waals surface area contributed by atoms with Crippen LogP contribution in [0.4, 0.5) is 0 Å². The van der Waals surface area contributed by atoms with Gasteiger partial charge in [0, 0.05) is 5.56 Å². The standard InChI is InChI=1S/C18H20N2O2S/c1-14(2)15-8-10-17(11-9-15)23(21,22)20-13-12-19-18(20)16-6-4-3-5-7-16/h3-11,14H,12-13H2,1-2H3. The van der Waals surface area contributed by atoms with Crippen LogP contribution in [0.15, 0.2) is 64.5 Å². The monoisotopic (exact) mass is 328 g/mol. The Bertz CT molecular complexity index is 810. The number of sulfonamides is 1. The molecule has 0 aliphatic carbocycles. The molecule has 5 heteroatoms. The van der Waals surface area contributed by atoms with Gasteiger partial charge in [0.25, 0.3) is 10.0 Å². The van der Waals surface area contributed by atoms with Crippen molar-refractivity contribution in [1.82, 2.24) is 4.31 Å². The Hall–Kier alpha value is -2.14. The largest absolute Gasteiger partial charge is 0.265 e. The second kappa shape index (κ2) is 6.16. The zero-order valence-electron chi connectivity index (χ0n) is 13.3. The summed E-state index contributed by atoms with van der Waals surface area (Å²) in [6.45, 7) is 5.06. The van der Waals surface area contributed by atoms with Crippen molar-refractivity contribution in [2.75, 3.05) is 13.1 Å². The quantitative estimate of drug-likeness (QED) is 0.865. The van der Waals surface area contributed by atoms with E-state index >= 15 is 0 Å². The topological polar surface area (TPSA) is 49.7 Å². The van der Waals surface area contributed by atoms with Crippen molar-refractivity contribution in [3.8, 4) is 0 Å². The van der Waals surface area contributed by atoms with Crippen molar-refractivity contribution in [3.63, 3.8) is 0 Å². The summed E-state index contributed by atoms with van der Waals surface area (Å²) in [5.74, 6) is 0.901. The number of aliphatic imine (C=N–C) groups is 1. The summed E-state index contributed by atoms with van der Waals surface area (Å²) in [4.78, 5) is 4.70. The molecule has 0 amide bonds. The molecule has 0 atom stereocenters. The number of hydrogen-bond acceptors (Lipinski definition) is 3. The van der Waals surface area contributed by atoms with E-state index in [1.165, 1.54) is 4.31 Å². The van der Waals surface area contributed by atoms with Gasteiger partial charge in [-0.3, -0.25) is 4.99 Å². The molecule has 1 aliphatic heterocycles. The summed E-state index contributed by atoms with van der Waals surface area (Å²) in [7, 11) is -3.58. The maximum absolute atomic E-state index is 12.9. The lowest BCUT2D eigenvalue weighted by Gasteiger charge is -2.21. The first-order valence-corrected chi connectivity index (χ1v) is 9.17. The highest BCUT2D eigenvalue weighted by Crippen LogP contribution is 2.23. The minimum absolute atomic E-state index is 0.312. The van der Waals surface area contributed by atoms with Gasteiger partial charge in [-0.1, -0.05) is 56.3 Å². The van der Waals surface area contributed by atoms with Crippen molar-refractivity contribution in [1.29, 1.82) is 0 Å². The molecule has 2 aromatic rings. The van der Waals surface area contributed by atoms with Gasteiger partial charge < -0.3 is 0 Å². The number of hydrogen-bond donors (Lipinski definition) is 0. The van der Waals surface area contributed by atoms with E-state index in [4.69, 9.17) is 0 Å². The van der Waals surface area contributed by atoms with Crippen LogP contribution < -0.4 is 0 Å². The fraction of sp³-hybridized carbons (Fsp3) is 0.278. The number of amidine groups is 1. The lowest BCUT2D eigenvalue weighted by molar-refractivity contribution is 0.538. The van der Waals surface area contributed by atoms with Gasteiger partial charge in [0.15, 0.2) is 0 Å². The van der Waals surface area contributed by atoms with Gasteiger partial charge in [0.2, 0.25) is 0 Å². The molecule has 1 aliphatic rings. The van der Waals surface area contributed by atoms with Gasteiger partial charge in [-0.05, 0) is 23.6 Å². The summed E-state index contributed by atoms with van der Waals surface area (Å²) in [6.07, 6.45) is 0. The summed E-state index contributed by atoms with van der Waals surface area (Å²) < 4.78 is 27.3. The lowest BCUT2D eigenvalue weighted by Crippen LogP contribution is -2.34. The minimum atomic E-state index is -3.58. The fourth-order valence-electron chi connectivity index (χ4n) is 2.64. The predicted octanol–water partition coefficient (Wildman–Crippen LogP) is 3.26. The molecular formula is C18H20N2O2S. The van der Waals surface area contributed by atoms with Crippen LogP contribution in [0, 0.1) is 0 Å². The molecule has 4 nitrogen and oxygen atoms in total. The summed E-state index contributed by atoms with van der Waals surface area (Å²) in [6, 6.07) is 16.6.